The molecule has 1 amide bonds. The molecule has 0 bridgehead atoms. The number of carbonyl (C=O) groups excluding carboxylic acids is 1. The number of rotatable bonds is 2. The molecule has 114 valence electrons. The molecule has 0 spiro atoms. The van der Waals surface area contributed by atoms with E-state index >= 15 is 0 Å². The fourth-order valence-corrected chi connectivity index (χ4v) is 3.76. The summed E-state index contributed by atoms with van der Waals surface area (Å²) in [6.45, 7) is 7.33. The van der Waals surface area contributed by atoms with E-state index in [1.807, 2.05) is 16.2 Å². The minimum atomic E-state index is -0.271. The molecular weight excluding hydrogens is 288 g/mol. The Labute approximate surface area is 127 Å². The molecule has 0 aromatic carbocycles. The van der Waals surface area contributed by atoms with Crippen LogP contribution in [0.3, 0.4) is 0 Å². The minimum Gasteiger partial charge on any atom is -0.393 e. The van der Waals surface area contributed by atoms with Crippen LogP contribution < -0.4 is 0 Å². The molecule has 1 aliphatic rings. The van der Waals surface area contributed by atoms with Crippen LogP contribution in [0.2, 0.25) is 0 Å². The molecule has 6 nitrogen and oxygen atoms in total. The summed E-state index contributed by atoms with van der Waals surface area (Å²) in [7, 11) is 0. The van der Waals surface area contributed by atoms with E-state index < -0.39 is 0 Å². The van der Waals surface area contributed by atoms with Gasteiger partial charge in [-0.25, -0.2) is 0 Å². The highest BCUT2D eigenvalue weighted by Gasteiger charge is 2.27. The van der Waals surface area contributed by atoms with Gasteiger partial charge in [-0.1, -0.05) is 25.2 Å². The molecule has 3 heterocycles. The average Bonchev–Trinajstić information content (AvgIpc) is 3.00. The molecule has 2 aromatic heterocycles. The first-order valence-electron chi connectivity index (χ1n) is 7.30. The Morgan fingerprint density at radius 3 is 2.62 bits per heavy atom. The van der Waals surface area contributed by atoms with E-state index in [0.29, 0.717) is 25.9 Å². The molecule has 3 rings (SSSR count). The van der Waals surface area contributed by atoms with Crippen molar-refractivity contribution in [1.82, 2.24) is 19.5 Å². The van der Waals surface area contributed by atoms with Gasteiger partial charge in [0, 0.05) is 24.7 Å². The Kier molecular flexibility index (Phi) is 3.71. The van der Waals surface area contributed by atoms with Gasteiger partial charge in [0.2, 0.25) is 4.96 Å². The second-order valence-electron chi connectivity index (χ2n) is 5.87. The fraction of sp³-hybridized carbons (Fsp3) is 0.643. The van der Waals surface area contributed by atoms with Gasteiger partial charge >= 0.3 is 0 Å². The second-order valence-corrected chi connectivity index (χ2v) is 6.85. The predicted octanol–water partition coefficient (Wildman–Crippen LogP) is 1.82. The van der Waals surface area contributed by atoms with Crippen molar-refractivity contribution in [1.29, 1.82) is 0 Å². The van der Waals surface area contributed by atoms with Gasteiger partial charge in [0.15, 0.2) is 0 Å². The minimum absolute atomic E-state index is 0.0459. The zero-order chi connectivity index (χ0) is 15.1. The highest BCUT2D eigenvalue weighted by atomic mass is 32.1. The first kappa shape index (κ1) is 14.5. The van der Waals surface area contributed by atoms with E-state index in [1.165, 1.54) is 11.3 Å². The Morgan fingerprint density at radius 1 is 1.33 bits per heavy atom. The summed E-state index contributed by atoms with van der Waals surface area (Å²) < 4.78 is 1.99. The van der Waals surface area contributed by atoms with E-state index in [0.717, 1.165) is 21.4 Å². The molecular formula is C14H20N4O2S. The maximum absolute atomic E-state index is 12.7. The molecule has 0 radical (unpaired) electrons. The average molecular weight is 308 g/mol. The van der Waals surface area contributed by atoms with Crippen LogP contribution in [0.4, 0.5) is 0 Å². The molecule has 2 aromatic rings. The Balaban J connectivity index is 1.93. The Bertz CT molecular complexity index is 668. The highest BCUT2D eigenvalue weighted by Crippen LogP contribution is 2.27. The molecule has 0 aliphatic carbocycles. The summed E-state index contributed by atoms with van der Waals surface area (Å²) in [5, 5.41) is 17.9. The lowest BCUT2D eigenvalue weighted by molar-refractivity contribution is 0.0550. The lowest BCUT2D eigenvalue weighted by Gasteiger charge is -2.29. The van der Waals surface area contributed by atoms with Gasteiger partial charge in [-0.15, -0.1) is 10.2 Å². The van der Waals surface area contributed by atoms with Crippen LogP contribution in [0.5, 0.6) is 0 Å². The van der Waals surface area contributed by atoms with Crippen molar-refractivity contribution in [3.63, 3.8) is 0 Å². The first-order chi connectivity index (χ1) is 9.99. The SMILES string of the molecule is Cc1c(C(=O)N2CCC(O)CC2)sc2nnc(C(C)C)n12. The fourth-order valence-electron chi connectivity index (χ4n) is 2.71. The summed E-state index contributed by atoms with van der Waals surface area (Å²) in [5.74, 6) is 1.21. The second kappa shape index (κ2) is 5.38. The van der Waals surface area contributed by atoms with Crippen LogP contribution in [0, 0.1) is 6.92 Å². The van der Waals surface area contributed by atoms with Gasteiger partial charge in [0.05, 0.1) is 6.10 Å². The molecule has 21 heavy (non-hydrogen) atoms. The van der Waals surface area contributed by atoms with E-state index in [1.54, 1.807) is 0 Å². The van der Waals surface area contributed by atoms with Crippen molar-refractivity contribution >= 4 is 22.2 Å². The van der Waals surface area contributed by atoms with Crippen molar-refractivity contribution in [2.75, 3.05) is 13.1 Å². The highest BCUT2D eigenvalue weighted by molar-refractivity contribution is 7.19. The molecule has 1 saturated heterocycles. The number of thiazole rings is 1. The summed E-state index contributed by atoms with van der Waals surface area (Å²) in [6.07, 6.45) is 1.05. The summed E-state index contributed by atoms with van der Waals surface area (Å²) in [5.41, 5.74) is 0.917. The molecule has 1 fully saturated rings. The van der Waals surface area contributed by atoms with Crippen molar-refractivity contribution in [3.05, 3.63) is 16.4 Å². The summed E-state index contributed by atoms with van der Waals surface area (Å²) >= 11 is 1.40. The Hall–Kier alpha value is -1.47. The van der Waals surface area contributed by atoms with Crippen LogP contribution >= 0.6 is 11.3 Å². The number of carbonyl (C=O) groups is 1. The van der Waals surface area contributed by atoms with Gasteiger partial charge in [-0.05, 0) is 19.8 Å². The number of aryl methyl sites for hydroxylation is 1. The van der Waals surface area contributed by atoms with Gasteiger partial charge in [-0.3, -0.25) is 9.20 Å². The van der Waals surface area contributed by atoms with Crippen LogP contribution in [-0.2, 0) is 0 Å². The summed E-state index contributed by atoms with van der Waals surface area (Å²) in [4.78, 5) is 16.0. The maximum atomic E-state index is 12.7. The number of fused-ring (bicyclic) bond motifs is 1. The Morgan fingerprint density at radius 2 is 2.00 bits per heavy atom. The normalized spacial score (nSPS) is 17.1. The number of aromatic nitrogens is 3. The molecule has 1 N–H and O–H groups in total. The number of piperidine rings is 1. The molecule has 7 heteroatoms. The smallest absolute Gasteiger partial charge is 0.265 e. The van der Waals surface area contributed by atoms with Crippen molar-refractivity contribution < 1.29 is 9.90 Å². The maximum Gasteiger partial charge on any atom is 0.265 e. The van der Waals surface area contributed by atoms with E-state index in [2.05, 4.69) is 24.0 Å². The zero-order valence-electron chi connectivity index (χ0n) is 12.5. The zero-order valence-corrected chi connectivity index (χ0v) is 13.4. The molecule has 0 saturated carbocycles. The largest absolute Gasteiger partial charge is 0.393 e. The van der Waals surface area contributed by atoms with Gasteiger partial charge in [-0.2, -0.15) is 0 Å². The van der Waals surface area contributed by atoms with Crippen LogP contribution in [-0.4, -0.2) is 49.7 Å². The van der Waals surface area contributed by atoms with E-state index in [-0.39, 0.29) is 17.9 Å². The third kappa shape index (κ3) is 2.44. The van der Waals surface area contributed by atoms with Crippen LogP contribution in [0.1, 0.15) is 53.8 Å². The molecule has 0 atom stereocenters. The van der Waals surface area contributed by atoms with Gasteiger partial charge < -0.3 is 10.0 Å². The molecule has 1 aliphatic heterocycles. The number of aliphatic hydroxyl groups excluding tert-OH is 1. The third-order valence-corrected chi connectivity index (χ3v) is 5.10. The quantitative estimate of drug-likeness (QED) is 0.918. The number of nitrogens with zero attached hydrogens (tertiary/aromatic N) is 4. The monoisotopic (exact) mass is 308 g/mol. The number of amides is 1. The number of hydrogen-bond acceptors (Lipinski definition) is 5. The number of hydrogen-bond donors (Lipinski definition) is 1. The first-order valence-corrected chi connectivity index (χ1v) is 8.12. The number of likely N-dealkylation sites (tertiary alicyclic amines) is 1. The van der Waals surface area contributed by atoms with Crippen molar-refractivity contribution in [2.45, 2.75) is 45.6 Å². The molecule has 0 unspecified atom stereocenters. The topological polar surface area (TPSA) is 70.7 Å². The van der Waals surface area contributed by atoms with Crippen molar-refractivity contribution in [2.24, 2.45) is 0 Å². The van der Waals surface area contributed by atoms with Crippen molar-refractivity contribution in [3.8, 4) is 0 Å². The van der Waals surface area contributed by atoms with Gasteiger partial charge in [0.1, 0.15) is 10.7 Å². The van der Waals surface area contributed by atoms with Crippen LogP contribution in [0.15, 0.2) is 0 Å². The lowest BCUT2D eigenvalue weighted by Crippen LogP contribution is -2.40. The number of aliphatic hydroxyl groups is 1. The van der Waals surface area contributed by atoms with Crippen LogP contribution in [0.25, 0.3) is 4.96 Å². The standard InChI is InChI=1S/C14H20N4O2S/c1-8(2)12-15-16-14-18(12)9(3)11(21-14)13(20)17-6-4-10(19)5-7-17/h8,10,19H,4-7H2,1-3H3. The van der Waals surface area contributed by atoms with Gasteiger partial charge in [0.25, 0.3) is 5.91 Å². The van der Waals surface area contributed by atoms with E-state index in [4.69, 9.17) is 0 Å². The summed E-state index contributed by atoms with van der Waals surface area (Å²) in [6, 6.07) is 0. The predicted molar refractivity (Wildman–Crippen MR) is 80.8 cm³/mol. The van der Waals surface area contributed by atoms with E-state index in [9.17, 15) is 9.90 Å². The third-order valence-electron chi connectivity index (χ3n) is 3.98. The lowest BCUT2D eigenvalue weighted by atomic mass is 10.1.